The van der Waals surface area contributed by atoms with E-state index in [-0.39, 0.29) is 12.3 Å². The van der Waals surface area contributed by atoms with Crippen molar-refractivity contribution in [2.75, 3.05) is 0 Å². The first-order valence-electron chi connectivity index (χ1n) is 8.09. The molecule has 0 aliphatic heterocycles. The molecule has 0 saturated carbocycles. The summed E-state index contributed by atoms with van der Waals surface area (Å²) < 4.78 is 0. The Morgan fingerprint density at radius 2 is 1.67 bits per heavy atom. The van der Waals surface area contributed by atoms with Gasteiger partial charge in [-0.25, -0.2) is 9.97 Å². The number of fused-ring (bicyclic) bond motifs is 1. The van der Waals surface area contributed by atoms with Gasteiger partial charge in [0.1, 0.15) is 0 Å². The molecule has 6 nitrogen and oxygen atoms in total. The predicted molar refractivity (Wildman–Crippen MR) is 92.0 cm³/mol. The summed E-state index contributed by atoms with van der Waals surface area (Å²) in [5, 5.41) is 12.0. The molecular weight excluding hydrogens is 306 g/mol. The Morgan fingerprint density at radius 3 is 2.21 bits per heavy atom. The van der Waals surface area contributed by atoms with Gasteiger partial charge in [0.2, 0.25) is 0 Å². The maximum atomic E-state index is 12.6. The van der Waals surface area contributed by atoms with E-state index in [1.165, 1.54) is 0 Å². The zero-order valence-corrected chi connectivity index (χ0v) is 14.5. The van der Waals surface area contributed by atoms with Crippen molar-refractivity contribution in [1.82, 2.24) is 15.3 Å². The van der Waals surface area contributed by atoms with E-state index in [0.717, 1.165) is 16.9 Å². The first-order chi connectivity index (χ1) is 11.3. The van der Waals surface area contributed by atoms with Crippen molar-refractivity contribution in [3.05, 3.63) is 35.2 Å². The number of aliphatic carboxylic acids is 1. The Hall–Kier alpha value is -2.50. The molecule has 0 aliphatic carbocycles. The molecule has 2 rings (SSSR count). The van der Waals surface area contributed by atoms with Crippen molar-refractivity contribution in [2.24, 2.45) is 0 Å². The van der Waals surface area contributed by atoms with Crippen LogP contribution in [0.4, 0.5) is 0 Å². The van der Waals surface area contributed by atoms with Crippen molar-refractivity contribution in [2.45, 2.75) is 52.5 Å². The number of amides is 1. The number of carbonyl (C=O) groups is 2. The van der Waals surface area contributed by atoms with Gasteiger partial charge in [0.25, 0.3) is 5.91 Å². The van der Waals surface area contributed by atoms with Gasteiger partial charge in [-0.3, -0.25) is 9.59 Å². The smallest absolute Gasteiger partial charge is 0.305 e. The molecule has 0 spiro atoms. The van der Waals surface area contributed by atoms with Crippen LogP contribution in [0.2, 0.25) is 0 Å². The van der Waals surface area contributed by atoms with Crippen LogP contribution in [0.15, 0.2) is 18.2 Å². The Labute approximate surface area is 141 Å². The molecule has 1 aromatic carbocycles. The van der Waals surface area contributed by atoms with Crippen LogP contribution in [0, 0.1) is 13.8 Å². The number of carbonyl (C=O) groups excluding carboxylic acids is 1. The molecular formula is C18H23N3O3. The van der Waals surface area contributed by atoms with Crippen LogP contribution in [-0.4, -0.2) is 32.5 Å². The fraction of sp³-hybridized carbons (Fsp3) is 0.444. The second-order valence-electron chi connectivity index (χ2n) is 6.11. The van der Waals surface area contributed by atoms with Crippen molar-refractivity contribution in [3.63, 3.8) is 0 Å². The highest BCUT2D eigenvalue weighted by Crippen LogP contribution is 2.21. The standard InChI is InChI=1S/C18H23N3O3/c1-5-18(6-2,10-16(22)23)21-17(24)13-7-8-14-15(9-13)20-12(4)11(3)19-14/h7-9H,5-6,10H2,1-4H3,(H,21,24)(H,22,23). The Morgan fingerprint density at radius 1 is 1.08 bits per heavy atom. The summed E-state index contributed by atoms with van der Waals surface area (Å²) in [4.78, 5) is 32.6. The normalized spacial score (nSPS) is 11.5. The first kappa shape index (κ1) is 17.8. The summed E-state index contributed by atoms with van der Waals surface area (Å²) in [6.07, 6.45) is 0.998. The van der Waals surface area contributed by atoms with Crippen LogP contribution in [0.3, 0.4) is 0 Å². The zero-order chi connectivity index (χ0) is 17.9. The van der Waals surface area contributed by atoms with Crippen molar-refractivity contribution >= 4 is 22.9 Å². The van der Waals surface area contributed by atoms with Crippen LogP contribution in [0.5, 0.6) is 0 Å². The second-order valence-corrected chi connectivity index (χ2v) is 6.11. The quantitative estimate of drug-likeness (QED) is 0.850. The van der Waals surface area contributed by atoms with Crippen molar-refractivity contribution < 1.29 is 14.7 Å². The summed E-state index contributed by atoms with van der Waals surface area (Å²) in [6, 6.07) is 5.15. The molecule has 1 amide bonds. The largest absolute Gasteiger partial charge is 0.481 e. The molecule has 0 atom stereocenters. The van der Waals surface area contributed by atoms with Crippen LogP contribution in [-0.2, 0) is 4.79 Å². The number of aryl methyl sites for hydroxylation is 2. The highest BCUT2D eigenvalue weighted by molar-refractivity contribution is 5.97. The van der Waals surface area contributed by atoms with Crippen LogP contribution < -0.4 is 5.32 Å². The molecule has 2 N–H and O–H groups in total. The van der Waals surface area contributed by atoms with E-state index in [2.05, 4.69) is 15.3 Å². The minimum atomic E-state index is -0.922. The third kappa shape index (κ3) is 3.69. The monoisotopic (exact) mass is 329 g/mol. The molecule has 24 heavy (non-hydrogen) atoms. The minimum Gasteiger partial charge on any atom is -0.481 e. The third-order valence-electron chi connectivity index (χ3n) is 4.56. The summed E-state index contributed by atoms with van der Waals surface area (Å²) in [5.41, 5.74) is 2.78. The van der Waals surface area contributed by atoms with Gasteiger partial charge in [0.05, 0.1) is 34.4 Å². The van der Waals surface area contributed by atoms with Gasteiger partial charge >= 0.3 is 5.97 Å². The number of carboxylic acid groups (broad SMARTS) is 1. The molecule has 0 radical (unpaired) electrons. The van der Waals surface area contributed by atoms with Gasteiger partial charge in [-0.2, -0.15) is 0 Å². The number of aromatic nitrogens is 2. The lowest BCUT2D eigenvalue weighted by atomic mass is 9.88. The summed E-state index contributed by atoms with van der Waals surface area (Å²) in [7, 11) is 0. The molecule has 1 aromatic heterocycles. The number of nitrogens with zero attached hydrogens (tertiary/aromatic N) is 2. The van der Waals surface area contributed by atoms with E-state index >= 15 is 0 Å². The summed E-state index contributed by atoms with van der Waals surface area (Å²) in [5.74, 6) is -1.21. The van der Waals surface area contributed by atoms with Crippen LogP contribution >= 0.6 is 0 Å². The highest BCUT2D eigenvalue weighted by Gasteiger charge is 2.31. The van der Waals surface area contributed by atoms with Gasteiger partial charge in [-0.1, -0.05) is 13.8 Å². The Kier molecular flexibility index (Phi) is 5.17. The third-order valence-corrected chi connectivity index (χ3v) is 4.56. The predicted octanol–water partition coefficient (Wildman–Crippen LogP) is 3.01. The summed E-state index contributed by atoms with van der Waals surface area (Å²) in [6.45, 7) is 7.53. The fourth-order valence-electron chi connectivity index (χ4n) is 2.70. The second kappa shape index (κ2) is 6.95. The number of benzene rings is 1. The van der Waals surface area contributed by atoms with E-state index in [4.69, 9.17) is 5.11 Å². The van der Waals surface area contributed by atoms with Gasteiger partial charge in [0, 0.05) is 5.56 Å². The fourth-order valence-corrected chi connectivity index (χ4v) is 2.70. The number of hydrogen-bond donors (Lipinski definition) is 2. The maximum Gasteiger partial charge on any atom is 0.305 e. The average Bonchev–Trinajstić information content (AvgIpc) is 2.54. The van der Waals surface area contributed by atoms with E-state index in [0.29, 0.717) is 23.9 Å². The van der Waals surface area contributed by atoms with E-state index in [9.17, 15) is 9.59 Å². The van der Waals surface area contributed by atoms with Crippen molar-refractivity contribution in [1.29, 1.82) is 0 Å². The van der Waals surface area contributed by atoms with E-state index < -0.39 is 11.5 Å². The molecule has 0 bridgehead atoms. The van der Waals surface area contributed by atoms with Crippen molar-refractivity contribution in [3.8, 4) is 0 Å². The number of hydrogen-bond acceptors (Lipinski definition) is 4. The van der Waals surface area contributed by atoms with Crippen LogP contribution in [0.1, 0.15) is 54.9 Å². The number of carboxylic acids is 1. The van der Waals surface area contributed by atoms with Gasteiger partial charge in [-0.15, -0.1) is 0 Å². The van der Waals surface area contributed by atoms with E-state index in [1.54, 1.807) is 18.2 Å². The summed E-state index contributed by atoms with van der Waals surface area (Å²) >= 11 is 0. The minimum absolute atomic E-state index is 0.0998. The molecule has 6 heteroatoms. The number of rotatable bonds is 6. The number of nitrogens with one attached hydrogen (secondary N) is 1. The molecule has 0 unspecified atom stereocenters. The molecule has 128 valence electrons. The lowest BCUT2D eigenvalue weighted by Gasteiger charge is -2.31. The maximum absolute atomic E-state index is 12.6. The van der Waals surface area contributed by atoms with Gasteiger partial charge < -0.3 is 10.4 Å². The average molecular weight is 329 g/mol. The van der Waals surface area contributed by atoms with E-state index in [1.807, 2.05) is 27.7 Å². The Balaban J connectivity index is 2.33. The SMILES string of the molecule is CCC(CC)(CC(=O)O)NC(=O)c1ccc2nc(C)c(C)nc2c1. The molecule has 2 aromatic rings. The van der Waals surface area contributed by atoms with Gasteiger partial charge in [-0.05, 0) is 44.9 Å². The highest BCUT2D eigenvalue weighted by atomic mass is 16.4. The molecule has 0 saturated heterocycles. The zero-order valence-electron chi connectivity index (χ0n) is 14.5. The van der Waals surface area contributed by atoms with Gasteiger partial charge in [0.15, 0.2) is 0 Å². The lowest BCUT2D eigenvalue weighted by Crippen LogP contribution is -2.49. The Bertz CT molecular complexity index is 782. The molecule has 1 heterocycles. The first-order valence-corrected chi connectivity index (χ1v) is 8.09. The molecule has 0 aliphatic rings. The topological polar surface area (TPSA) is 92.2 Å². The lowest BCUT2D eigenvalue weighted by molar-refractivity contribution is -0.138. The van der Waals surface area contributed by atoms with Crippen LogP contribution in [0.25, 0.3) is 11.0 Å². The molecule has 0 fully saturated rings.